The Hall–Kier alpha value is -2.77. The van der Waals surface area contributed by atoms with Crippen LogP contribution in [0.2, 0.25) is 0 Å². The third-order valence-electron chi connectivity index (χ3n) is 3.35. The van der Waals surface area contributed by atoms with Crippen molar-refractivity contribution in [3.8, 4) is 0 Å². The Labute approximate surface area is 133 Å². The molecule has 23 heavy (non-hydrogen) atoms. The molecule has 1 amide bonds. The van der Waals surface area contributed by atoms with E-state index < -0.39 is 10.0 Å². The number of rotatable bonds is 3. The van der Waals surface area contributed by atoms with Crippen LogP contribution in [0.25, 0.3) is 10.8 Å². The molecule has 7 heteroatoms. The molecule has 3 rings (SSSR count). The summed E-state index contributed by atoms with van der Waals surface area (Å²) in [5.41, 5.74) is 0.911. The summed E-state index contributed by atoms with van der Waals surface area (Å²) in [4.78, 5) is 16.4. The van der Waals surface area contributed by atoms with Gasteiger partial charge in [0.05, 0.1) is 16.8 Å². The van der Waals surface area contributed by atoms with Crippen LogP contribution in [0.15, 0.2) is 65.8 Å². The number of nitrogens with two attached hydrogens (primary N) is 1. The number of anilines is 1. The van der Waals surface area contributed by atoms with Crippen LogP contribution in [0.3, 0.4) is 0 Å². The fraction of sp³-hybridized carbons (Fsp3) is 0. The van der Waals surface area contributed by atoms with Crippen LogP contribution in [0, 0.1) is 0 Å². The Morgan fingerprint density at radius 1 is 1.00 bits per heavy atom. The van der Waals surface area contributed by atoms with Gasteiger partial charge in [0, 0.05) is 17.1 Å². The molecular weight excluding hydrogens is 314 g/mol. The molecule has 3 aromatic rings. The quantitative estimate of drug-likeness (QED) is 0.769. The minimum atomic E-state index is -3.87. The molecule has 6 nitrogen and oxygen atoms in total. The van der Waals surface area contributed by atoms with Crippen LogP contribution in [0.4, 0.5) is 5.69 Å². The Bertz CT molecular complexity index is 986. The van der Waals surface area contributed by atoms with Crippen LogP contribution in [-0.4, -0.2) is 19.3 Å². The number of pyridine rings is 1. The summed E-state index contributed by atoms with van der Waals surface area (Å²) in [7, 11) is -3.87. The number of nitrogens with zero attached hydrogens (tertiary/aromatic N) is 1. The summed E-state index contributed by atoms with van der Waals surface area (Å²) in [6.45, 7) is 0. The van der Waals surface area contributed by atoms with Crippen LogP contribution >= 0.6 is 0 Å². The number of nitrogens with one attached hydrogen (secondary N) is 1. The van der Waals surface area contributed by atoms with Gasteiger partial charge in [-0.25, -0.2) is 13.6 Å². The average Bonchev–Trinajstić information content (AvgIpc) is 2.53. The van der Waals surface area contributed by atoms with Gasteiger partial charge in [0.2, 0.25) is 10.0 Å². The molecule has 0 unspecified atom stereocenters. The zero-order valence-electron chi connectivity index (χ0n) is 11.9. The van der Waals surface area contributed by atoms with E-state index in [1.165, 1.54) is 12.3 Å². The molecule has 0 aliphatic heterocycles. The van der Waals surface area contributed by atoms with Crippen molar-refractivity contribution in [3.63, 3.8) is 0 Å². The topological polar surface area (TPSA) is 102 Å². The third kappa shape index (κ3) is 3.05. The molecule has 0 atom stereocenters. The molecule has 0 spiro atoms. The Kier molecular flexibility index (Phi) is 3.81. The standard InChI is InChI=1S/C16H13N3O3S/c17-23(21,22)15-8-2-5-12-13(15)6-1-7-14(12)16(20)19-11-4-3-9-18-10-11/h1-10H,(H,19,20)(H2,17,21,22). The lowest BCUT2D eigenvalue weighted by Gasteiger charge is -2.10. The third-order valence-corrected chi connectivity index (χ3v) is 4.32. The summed E-state index contributed by atoms with van der Waals surface area (Å²) in [5.74, 6) is -0.352. The zero-order chi connectivity index (χ0) is 16.4. The number of amides is 1. The summed E-state index contributed by atoms with van der Waals surface area (Å²) in [5, 5.41) is 8.89. The minimum absolute atomic E-state index is 0.00831. The second-order valence-electron chi connectivity index (χ2n) is 4.90. The van der Waals surface area contributed by atoms with Crippen molar-refractivity contribution >= 4 is 32.4 Å². The molecule has 1 aromatic heterocycles. The SMILES string of the molecule is NS(=O)(=O)c1cccc2c(C(=O)Nc3cccnc3)cccc12. The highest BCUT2D eigenvalue weighted by Crippen LogP contribution is 2.25. The smallest absolute Gasteiger partial charge is 0.256 e. The molecule has 0 saturated carbocycles. The van der Waals surface area contributed by atoms with E-state index in [1.54, 1.807) is 48.7 Å². The van der Waals surface area contributed by atoms with Gasteiger partial charge in [-0.05, 0) is 29.7 Å². The van der Waals surface area contributed by atoms with Gasteiger partial charge in [-0.3, -0.25) is 9.78 Å². The van der Waals surface area contributed by atoms with E-state index in [9.17, 15) is 13.2 Å². The lowest BCUT2D eigenvalue weighted by molar-refractivity contribution is 0.102. The molecule has 0 aliphatic carbocycles. The van der Waals surface area contributed by atoms with Crippen molar-refractivity contribution in [2.24, 2.45) is 5.14 Å². The van der Waals surface area contributed by atoms with Gasteiger partial charge in [0.25, 0.3) is 5.91 Å². The predicted molar refractivity (Wildman–Crippen MR) is 87.5 cm³/mol. The van der Waals surface area contributed by atoms with E-state index in [1.807, 2.05) is 0 Å². The van der Waals surface area contributed by atoms with Crippen LogP contribution in [-0.2, 0) is 10.0 Å². The highest BCUT2D eigenvalue weighted by atomic mass is 32.2. The molecule has 0 bridgehead atoms. The number of carbonyl (C=O) groups excluding carboxylic acids is 1. The number of benzene rings is 2. The zero-order valence-corrected chi connectivity index (χ0v) is 12.7. The first-order valence-corrected chi connectivity index (χ1v) is 8.27. The van der Waals surface area contributed by atoms with E-state index in [0.29, 0.717) is 22.0 Å². The molecular formula is C16H13N3O3S. The molecule has 2 aromatic carbocycles. The molecule has 3 N–H and O–H groups in total. The average molecular weight is 327 g/mol. The summed E-state index contributed by atoms with van der Waals surface area (Å²) < 4.78 is 23.4. The monoisotopic (exact) mass is 327 g/mol. The fourth-order valence-corrected chi connectivity index (χ4v) is 3.12. The number of fused-ring (bicyclic) bond motifs is 1. The first-order valence-electron chi connectivity index (χ1n) is 6.73. The van der Waals surface area contributed by atoms with Gasteiger partial charge >= 0.3 is 0 Å². The molecule has 1 heterocycles. The van der Waals surface area contributed by atoms with E-state index in [4.69, 9.17) is 5.14 Å². The maximum Gasteiger partial charge on any atom is 0.256 e. The van der Waals surface area contributed by atoms with Crippen molar-refractivity contribution in [2.75, 3.05) is 5.32 Å². The molecule has 0 fully saturated rings. The number of hydrogen-bond acceptors (Lipinski definition) is 4. The van der Waals surface area contributed by atoms with Crippen LogP contribution in [0.5, 0.6) is 0 Å². The maximum absolute atomic E-state index is 12.5. The maximum atomic E-state index is 12.5. The minimum Gasteiger partial charge on any atom is -0.321 e. The number of carbonyl (C=O) groups is 1. The highest BCUT2D eigenvalue weighted by Gasteiger charge is 2.16. The van der Waals surface area contributed by atoms with Gasteiger partial charge < -0.3 is 5.32 Å². The largest absolute Gasteiger partial charge is 0.321 e. The fourth-order valence-electron chi connectivity index (χ4n) is 2.36. The second kappa shape index (κ2) is 5.79. The Morgan fingerprint density at radius 3 is 2.43 bits per heavy atom. The van der Waals surface area contributed by atoms with Gasteiger partial charge in [-0.2, -0.15) is 0 Å². The summed E-state index contributed by atoms with van der Waals surface area (Å²) in [6, 6.07) is 12.9. The summed E-state index contributed by atoms with van der Waals surface area (Å²) >= 11 is 0. The first-order chi connectivity index (χ1) is 11.0. The molecule has 0 aliphatic rings. The predicted octanol–water partition coefficient (Wildman–Crippen LogP) is 2.13. The van der Waals surface area contributed by atoms with E-state index in [2.05, 4.69) is 10.3 Å². The lowest BCUT2D eigenvalue weighted by Crippen LogP contribution is -2.14. The number of hydrogen-bond donors (Lipinski definition) is 2. The van der Waals surface area contributed by atoms with E-state index in [0.717, 1.165) is 0 Å². The van der Waals surface area contributed by atoms with E-state index >= 15 is 0 Å². The van der Waals surface area contributed by atoms with Gasteiger partial charge in [0.1, 0.15) is 0 Å². The van der Waals surface area contributed by atoms with Gasteiger partial charge in [0.15, 0.2) is 0 Å². The normalized spacial score (nSPS) is 11.3. The Balaban J connectivity index is 2.10. The van der Waals surface area contributed by atoms with Crippen molar-refractivity contribution in [3.05, 3.63) is 66.5 Å². The molecule has 116 valence electrons. The first kappa shape index (κ1) is 15.1. The van der Waals surface area contributed by atoms with Gasteiger partial charge in [-0.1, -0.05) is 24.3 Å². The number of aromatic nitrogens is 1. The number of primary sulfonamides is 1. The van der Waals surface area contributed by atoms with Crippen LogP contribution < -0.4 is 10.5 Å². The Morgan fingerprint density at radius 2 is 1.74 bits per heavy atom. The highest BCUT2D eigenvalue weighted by molar-refractivity contribution is 7.89. The molecule has 0 saturated heterocycles. The summed E-state index contributed by atoms with van der Waals surface area (Å²) in [6.07, 6.45) is 3.13. The molecule has 0 radical (unpaired) electrons. The van der Waals surface area contributed by atoms with Crippen molar-refractivity contribution in [1.29, 1.82) is 0 Å². The van der Waals surface area contributed by atoms with Crippen molar-refractivity contribution in [2.45, 2.75) is 4.90 Å². The number of sulfonamides is 1. The van der Waals surface area contributed by atoms with Crippen LogP contribution in [0.1, 0.15) is 10.4 Å². The second-order valence-corrected chi connectivity index (χ2v) is 6.43. The van der Waals surface area contributed by atoms with Crippen molar-refractivity contribution < 1.29 is 13.2 Å². The van der Waals surface area contributed by atoms with Gasteiger partial charge in [-0.15, -0.1) is 0 Å². The van der Waals surface area contributed by atoms with E-state index in [-0.39, 0.29) is 10.8 Å². The van der Waals surface area contributed by atoms with Crippen molar-refractivity contribution in [1.82, 2.24) is 4.98 Å². The lowest BCUT2D eigenvalue weighted by atomic mass is 10.0.